The fraction of sp³-hybridized carbons (Fsp3) is 0.667. The summed E-state index contributed by atoms with van der Waals surface area (Å²) in [7, 11) is 0. The third-order valence-corrected chi connectivity index (χ3v) is 5.42. The van der Waals surface area contributed by atoms with Crippen molar-refractivity contribution in [1.82, 2.24) is 15.5 Å². The van der Waals surface area contributed by atoms with Gasteiger partial charge in [-0.05, 0) is 37.5 Å². The standard InChI is InChI=1S/C21H33FN4O2.HI/c1-2-23-21(24-9-7-17-3-5-19(22)6-4-17)25-15-20(18-8-12-28-16-18)26-10-13-27-14-11-26;/h3-6,18,20H,2,7-16H2,1H3,(H2,23,24,25);1H. The summed E-state index contributed by atoms with van der Waals surface area (Å²) in [6.45, 7) is 9.59. The van der Waals surface area contributed by atoms with Crippen LogP contribution in [0.4, 0.5) is 4.39 Å². The topological polar surface area (TPSA) is 58.1 Å². The van der Waals surface area contributed by atoms with E-state index < -0.39 is 0 Å². The van der Waals surface area contributed by atoms with Crippen LogP contribution in [-0.2, 0) is 15.9 Å². The molecule has 0 spiro atoms. The van der Waals surface area contributed by atoms with Crippen LogP contribution in [0, 0.1) is 11.7 Å². The van der Waals surface area contributed by atoms with Crippen molar-refractivity contribution >= 4 is 29.9 Å². The first-order valence-corrected chi connectivity index (χ1v) is 10.4. The molecule has 1 aromatic rings. The predicted molar refractivity (Wildman–Crippen MR) is 125 cm³/mol. The third kappa shape index (κ3) is 7.99. The quantitative estimate of drug-likeness (QED) is 0.313. The van der Waals surface area contributed by atoms with Gasteiger partial charge in [0.2, 0.25) is 0 Å². The molecule has 8 heteroatoms. The van der Waals surface area contributed by atoms with E-state index in [1.807, 2.05) is 12.1 Å². The smallest absolute Gasteiger partial charge is 0.191 e. The molecule has 29 heavy (non-hydrogen) atoms. The van der Waals surface area contributed by atoms with E-state index in [-0.39, 0.29) is 29.8 Å². The summed E-state index contributed by atoms with van der Waals surface area (Å²) >= 11 is 0. The van der Waals surface area contributed by atoms with Crippen LogP contribution in [0.2, 0.25) is 0 Å². The zero-order valence-corrected chi connectivity index (χ0v) is 19.6. The zero-order valence-electron chi connectivity index (χ0n) is 17.2. The molecule has 2 saturated heterocycles. The van der Waals surface area contributed by atoms with Crippen molar-refractivity contribution in [2.75, 3.05) is 59.2 Å². The summed E-state index contributed by atoms with van der Waals surface area (Å²) < 4.78 is 24.2. The Kier molecular flexibility index (Phi) is 11.2. The van der Waals surface area contributed by atoms with E-state index in [1.165, 1.54) is 12.1 Å². The molecule has 0 bridgehead atoms. The second-order valence-electron chi connectivity index (χ2n) is 7.36. The molecule has 0 aromatic heterocycles. The van der Waals surface area contributed by atoms with Crippen molar-refractivity contribution in [3.63, 3.8) is 0 Å². The minimum absolute atomic E-state index is 0. The van der Waals surface area contributed by atoms with Gasteiger partial charge >= 0.3 is 0 Å². The molecular formula is C21H34FIN4O2. The average Bonchev–Trinajstić information content (AvgIpc) is 3.25. The minimum Gasteiger partial charge on any atom is -0.381 e. The van der Waals surface area contributed by atoms with Gasteiger partial charge in [-0.1, -0.05) is 12.1 Å². The maximum Gasteiger partial charge on any atom is 0.191 e. The normalized spacial score (nSPS) is 21.4. The van der Waals surface area contributed by atoms with Gasteiger partial charge in [0.25, 0.3) is 0 Å². The molecule has 0 amide bonds. The Morgan fingerprint density at radius 2 is 1.93 bits per heavy atom. The fourth-order valence-corrected chi connectivity index (χ4v) is 3.83. The van der Waals surface area contributed by atoms with Crippen LogP contribution >= 0.6 is 24.0 Å². The van der Waals surface area contributed by atoms with Gasteiger partial charge in [0, 0.05) is 44.7 Å². The molecular weight excluding hydrogens is 486 g/mol. The number of benzene rings is 1. The molecule has 2 atom stereocenters. The number of hydrogen-bond donors (Lipinski definition) is 2. The lowest BCUT2D eigenvalue weighted by molar-refractivity contribution is 0.00368. The fourth-order valence-electron chi connectivity index (χ4n) is 3.83. The number of ether oxygens (including phenoxy) is 2. The molecule has 0 radical (unpaired) electrons. The molecule has 2 unspecified atom stereocenters. The van der Waals surface area contributed by atoms with Crippen LogP contribution < -0.4 is 10.6 Å². The minimum atomic E-state index is -0.198. The predicted octanol–water partition coefficient (Wildman–Crippen LogP) is 2.28. The summed E-state index contributed by atoms with van der Waals surface area (Å²) in [6.07, 6.45) is 1.93. The highest BCUT2D eigenvalue weighted by atomic mass is 127. The first kappa shape index (κ1) is 24.3. The lowest BCUT2D eigenvalue weighted by atomic mass is 9.97. The van der Waals surface area contributed by atoms with Crippen molar-refractivity contribution < 1.29 is 13.9 Å². The van der Waals surface area contributed by atoms with E-state index in [1.54, 1.807) is 0 Å². The van der Waals surface area contributed by atoms with Crippen molar-refractivity contribution in [2.45, 2.75) is 25.8 Å². The number of aliphatic imine (C=N–C) groups is 1. The van der Waals surface area contributed by atoms with Crippen LogP contribution in [0.5, 0.6) is 0 Å². The summed E-state index contributed by atoms with van der Waals surface area (Å²) in [5, 5.41) is 6.73. The lowest BCUT2D eigenvalue weighted by Crippen LogP contribution is -2.49. The molecule has 2 fully saturated rings. The van der Waals surface area contributed by atoms with Gasteiger partial charge in [-0.2, -0.15) is 0 Å². The molecule has 2 aliphatic rings. The van der Waals surface area contributed by atoms with Crippen molar-refractivity contribution in [3.8, 4) is 0 Å². The molecule has 2 aliphatic heterocycles. The Labute approximate surface area is 190 Å². The Morgan fingerprint density at radius 3 is 2.59 bits per heavy atom. The van der Waals surface area contributed by atoms with Crippen LogP contribution in [0.15, 0.2) is 29.3 Å². The summed E-state index contributed by atoms with van der Waals surface area (Å²) in [5.74, 6) is 1.17. The van der Waals surface area contributed by atoms with Crippen LogP contribution in [0.1, 0.15) is 18.9 Å². The van der Waals surface area contributed by atoms with Crippen molar-refractivity contribution in [2.24, 2.45) is 10.9 Å². The largest absolute Gasteiger partial charge is 0.381 e. The maximum absolute atomic E-state index is 13.0. The second-order valence-corrected chi connectivity index (χ2v) is 7.36. The Morgan fingerprint density at radius 1 is 1.17 bits per heavy atom. The van der Waals surface area contributed by atoms with E-state index >= 15 is 0 Å². The highest BCUT2D eigenvalue weighted by Gasteiger charge is 2.31. The first-order chi connectivity index (χ1) is 13.8. The number of nitrogens with one attached hydrogen (secondary N) is 2. The third-order valence-electron chi connectivity index (χ3n) is 5.42. The van der Waals surface area contributed by atoms with Gasteiger partial charge in [-0.3, -0.25) is 9.89 Å². The highest BCUT2D eigenvalue weighted by molar-refractivity contribution is 14.0. The molecule has 164 valence electrons. The second kappa shape index (κ2) is 13.4. The molecule has 1 aromatic carbocycles. The van der Waals surface area contributed by atoms with E-state index in [0.29, 0.717) is 12.0 Å². The van der Waals surface area contributed by atoms with Crippen LogP contribution in [0.25, 0.3) is 0 Å². The number of halogens is 2. The van der Waals surface area contributed by atoms with E-state index in [2.05, 4.69) is 22.5 Å². The molecule has 2 heterocycles. The van der Waals surface area contributed by atoms with Crippen LogP contribution in [-0.4, -0.2) is 76.1 Å². The number of rotatable bonds is 8. The molecule has 3 rings (SSSR count). The number of morpholine rings is 1. The van der Waals surface area contributed by atoms with Crippen molar-refractivity contribution in [1.29, 1.82) is 0 Å². The molecule has 0 saturated carbocycles. The van der Waals surface area contributed by atoms with Gasteiger partial charge in [-0.25, -0.2) is 4.39 Å². The molecule has 0 aliphatic carbocycles. The molecule has 6 nitrogen and oxygen atoms in total. The highest BCUT2D eigenvalue weighted by Crippen LogP contribution is 2.22. The summed E-state index contributed by atoms with van der Waals surface area (Å²) in [4.78, 5) is 7.38. The van der Waals surface area contributed by atoms with E-state index in [0.717, 1.165) is 83.5 Å². The van der Waals surface area contributed by atoms with Crippen LogP contribution in [0.3, 0.4) is 0 Å². The van der Waals surface area contributed by atoms with E-state index in [4.69, 9.17) is 14.5 Å². The zero-order chi connectivity index (χ0) is 19.6. The summed E-state index contributed by atoms with van der Waals surface area (Å²) in [5.41, 5.74) is 1.11. The first-order valence-electron chi connectivity index (χ1n) is 10.4. The maximum atomic E-state index is 13.0. The van der Waals surface area contributed by atoms with Gasteiger partial charge in [0.1, 0.15) is 5.82 Å². The Bertz CT molecular complexity index is 605. The number of nitrogens with zero attached hydrogens (tertiary/aromatic N) is 2. The summed E-state index contributed by atoms with van der Waals surface area (Å²) in [6, 6.07) is 7.06. The number of hydrogen-bond acceptors (Lipinski definition) is 4. The van der Waals surface area contributed by atoms with Gasteiger partial charge in [0.15, 0.2) is 5.96 Å². The molecule has 2 N–H and O–H groups in total. The monoisotopic (exact) mass is 520 g/mol. The Balaban J connectivity index is 0.00000300. The van der Waals surface area contributed by atoms with E-state index in [9.17, 15) is 4.39 Å². The van der Waals surface area contributed by atoms with Gasteiger partial charge in [0.05, 0.1) is 26.4 Å². The number of guanidine groups is 1. The SMILES string of the molecule is CCNC(=NCC(C1CCOC1)N1CCOCC1)NCCc1ccc(F)cc1.I. The van der Waals surface area contributed by atoms with Gasteiger partial charge < -0.3 is 20.1 Å². The lowest BCUT2D eigenvalue weighted by Gasteiger charge is -2.36. The van der Waals surface area contributed by atoms with Crippen molar-refractivity contribution in [3.05, 3.63) is 35.6 Å². The van der Waals surface area contributed by atoms with Gasteiger partial charge in [-0.15, -0.1) is 24.0 Å². The Hall–Kier alpha value is -0.970. The average molecular weight is 520 g/mol.